The average Bonchev–Trinajstić information content (AvgIpc) is 2.93. The number of aromatic nitrogens is 1. The number of carboxylic acids is 1. The van der Waals surface area contributed by atoms with Gasteiger partial charge in [-0.2, -0.15) is 0 Å². The Morgan fingerprint density at radius 1 is 1.25 bits per heavy atom. The number of carbonyl (C=O) groups excluding carboxylic acids is 1. The number of piperazine rings is 1. The topological polar surface area (TPSA) is 86.9 Å². The molecule has 2 aromatic heterocycles. The fourth-order valence-corrected chi connectivity index (χ4v) is 3.14. The fraction of sp³-hybridized carbons (Fsp3) is 0.312. The second kappa shape index (κ2) is 6.64. The Morgan fingerprint density at radius 2 is 1.96 bits per heavy atom. The van der Waals surface area contributed by atoms with E-state index in [0.717, 1.165) is 5.56 Å². The molecule has 0 aromatic carbocycles. The summed E-state index contributed by atoms with van der Waals surface area (Å²) in [5.74, 6) is -0.0419. The number of halogens is 1. The molecule has 0 bridgehead atoms. The number of furan rings is 1. The zero-order valence-electron chi connectivity index (χ0n) is 13.0. The molecule has 1 aliphatic heterocycles. The van der Waals surface area contributed by atoms with Gasteiger partial charge in [0.1, 0.15) is 5.82 Å². The minimum absolute atomic E-state index is 0.118. The number of nitrogens with zero attached hydrogens (tertiary/aromatic N) is 3. The molecule has 8 heteroatoms. The van der Waals surface area contributed by atoms with E-state index in [9.17, 15) is 9.59 Å². The third kappa shape index (κ3) is 3.28. The minimum atomic E-state index is -0.996. The Bertz CT molecular complexity index is 764. The molecule has 1 N–H and O–H groups in total. The standard InChI is InChI=1S/C16H16BrN3O4/c1-10-8-12(17)24-14(10)15(21)20-6-4-19(5-7-20)13-3-2-11(9-18-13)16(22)23/h2-3,8-9H,4-7H2,1H3,(H,22,23). The van der Waals surface area contributed by atoms with Gasteiger partial charge in [-0.15, -0.1) is 0 Å². The molecule has 1 aliphatic rings. The summed E-state index contributed by atoms with van der Waals surface area (Å²) < 4.78 is 5.97. The van der Waals surface area contributed by atoms with Crippen LogP contribution in [0.2, 0.25) is 0 Å². The summed E-state index contributed by atoms with van der Waals surface area (Å²) >= 11 is 3.24. The Morgan fingerprint density at radius 3 is 2.46 bits per heavy atom. The minimum Gasteiger partial charge on any atom is -0.478 e. The third-order valence-electron chi connectivity index (χ3n) is 3.97. The molecule has 7 nitrogen and oxygen atoms in total. The first-order chi connectivity index (χ1) is 11.5. The Balaban J connectivity index is 1.64. The molecule has 3 rings (SSSR count). The first-order valence-electron chi connectivity index (χ1n) is 7.45. The van der Waals surface area contributed by atoms with Crippen LogP contribution in [0.3, 0.4) is 0 Å². The van der Waals surface area contributed by atoms with Crippen LogP contribution >= 0.6 is 15.9 Å². The molecule has 0 radical (unpaired) electrons. The molecule has 24 heavy (non-hydrogen) atoms. The molecule has 2 aromatic rings. The van der Waals surface area contributed by atoms with Crippen LogP contribution in [0.4, 0.5) is 5.82 Å². The molecular weight excluding hydrogens is 378 g/mol. The fourth-order valence-electron chi connectivity index (χ4n) is 2.64. The second-order valence-electron chi connectivity index (χ2n) is 5.55. The molecule has 126 valence electrons. The lowest BCUT2D eigenvalue weighted by atomic mass is 10.2. The predicted molar refractivity (Wildman–Crippen MR) is 90.5 cm³/mol. The van der Waals surface area contributed by atoms with Crippen molar-refractivity contribution in [1.82, 2.24) is 9.88 Å². The molecule has 0 atom stereocenters. The van der Waals surface area contributed by atoms with E-state index in [-0.39, 0.29) is 11.5 Å². The highest BCUT2D eigenvalue weighted by atomic mass is 79.9. The van der Waals surface area contributed by atoms with Gasteiger partial charge in [0, 0.05) is 37.9 Å². The van der Waals surface area contributed by atoms with Gasteiger partial charge in [0.2, 0.25) is 0 Å². The van der Waals surface area contributed by atoms with Gasteiger partial charge in [-0.1, -0.05) is 0 Å². The summed E-state index contributed by atoms with van der Waals surface area (Å²) in [6.45, 7) is 4.21. The lowest BCUT2D eigenvalue weighted by Gasteiger charge is -2.35. The number of hydrogen-bond acceptors (Lipinski definition) is 5. The molecule has 0 aliphatic carbocycles. The highest BCUT2D eigenvalue weighted by molar-refractivity contribution is 9.10. The van der Waals surface area contributed by atoms with E-state index in [1.807, 2.05) is 11.8 Å². The molecule has 0 spiro atoms. The number of pyridine rings is 1. The molecule has 1 saturated heterocycles. The van der Waals surface area contributed by atoms with Gasteiger partial charge in [-0.05, 0) is 41.1 Å². The molecule has 1 amide bonds. The van der Waals surface area contributed by atoms with Crippen LogP contribution < -0.4 is 4.90 Å². The maximum absolute atomic E-state index is 12.5. The van der Waals surface area contributed by atoms with E-state index in [0.29, 0.717) is 42.4 Å². The van der Waals surface area contributed by atoms with Gasteiger partial charge in [0.05, 0.1) is 5.56 Å². The zero-order valence-corrected chi connectivity index (χ0v) is 14.6. The van der Waals surface area contributed by atoms with Crippen molar-refractivity contribution in [2.45, 2.75) is 6.92 Å². The number of anilines is 1. The predicted octanol–water partition coefficient (Wildman–Crippen LogP) is 2.41. The van der Waals surface area contributed by atoms with Crippen LogP contribution in [0.5, 0.6) is 0 Å². The quantitative estimate of drug-likeness (QED) is 0.861. The number of hydrogen-bond donors (Lipinski definition) is 1. The van der Waals surface area contributed by atoms with Crippen molar-refractivity contribution >= 4 is 33.6 Å². The van der Waals surface area contributed by atoms with Gasteiger partial charge in [0.25, 0.3) is 5.91 Å². The molecule has 0 saturated carbocycles. The summed E-state index contributed by atoms with van der Waals surface area (Å²) in [6.07, 6.45) is 1.35. The monoisotopic (exact) mass is 393 g/mol. The summed E-state index contributed by atoms with van der Waals surface area (Å²) in [5, 5.41) is 8.90. The van der Waals surface area contributed by atoms with Gasteiger partial charge >= 0.3 is 5.97 Å². The average molecular weight is 394 g/mol. The lowest BCUT2D eigenvalue weighted by Crippen LogP contribution is -2.49. The van der Waals surface area contributed by atoms with Crippen molar-refractivity contribution in [2.75, 3.05) is 31.1 Å². The SMILES string of the molecule is Cc1cc(Br)oc1C(=O)N1CCN(c2ccc(C(=O)O)cn2)CC1. The molecular formula is C16H16BrN3O4. The van der Waals surface area contributed by atoms with Gasteiger partial charge in [-0.3, -0.25) is 4.79 Å². The highest BCUT2D eigenvalue weighted by Crippen LogP contribution is 2.22. The van der Waals surface area contributed by atoms with Gasteiger partial charge in [0.15, 0.2) is 10.4 Å². The molecule has 0 unspecified atom stereocenters. The van der Waals surface area contributed by atoms with Crippen molar-refractivity contribution in [3.8, 4) is 0 Å². The first-order valence-corrected chi connectivity index (χ1v) is 8.24. The summed E-state index contributed by atoms with van der Waals surface area (Å²) in [4.78, 5) is 31.3. The largest absolute Gasteiger partial charge is 0.478 e. The van der Waals surface area contributed by atoms with E-state index in [1.165, 1.54) is 12.3 Å². The zero-order chi connectivity index (χ0) is 17.3. The Labute approximate surface area is 147 Å². The smallest absolute Gasteiger partial charge is 0.337 e. The summed E-state index contributed by atoms with van der Waals surface area (Å²) in [7, 11) is 0. The Kier molecular flexibility index (Phi) is 4.57. The second-order valence-corrected chi connectivity index (χ2v) is 6.33. The van der Waals surface area contributed by atoms with Crippen LogP contribution in [-0.4, -0.2) is 53.0 Å². The van der Waals surface area contributed by atoms with Crippen molar-refractivity contribution in [3.63, 3.8) is 0 Å². The maximum Gasteiger partial charge on any atom is 0.337 e. The number of rotatable bonds is 3. The number of aromatic carboxylic acids is 1. The molecule has 3 heterocycles. The summed E-state index contributed by atoms with van der Waals surface area (Å²) in [6, 6.07) is 5.00. The number of amides is 1. The van der Waals surface area contributed by atoms with Gasteiger partial charge in [-0.25, -0.2) is 9.78 Å². The Hall–Kier alpha value is -2.35. The van der Waals surface area contributed by atoms with E-state index in [4.69, 9.17) is 9.52 Å². The van der Waals surface area contributed by atoms with E-state index in [2.05, 4.69) is 20.9 Å². The van der Waals surface area contributed by atoms with E-state index in [1.54, 1.807) is 17.0 Å². The van der Waals surface area contributed by atoms with Crippen LogP contribution in [0.1, 0.15) is 26.5 Å². The third-order valence-corrected chi connectivity index (χ3v) is 4.36. The van der Waals surface area contributed by atoms with Crippen LogP contribution in [-0.2, 0) is 0 Å². The van der Waals surface area contributed by atoms with Crippen molar-refractivity contribution < 1.29 is 19.1 Å². The molecule has 1 fully saturated rings. The van der Waals surface area contributed by atoms with Crippen LogP contribution in [0.25, 0.3) is 0 Å². The number of carbonyl (C=O) groups is 2. The van der Waals surface area contributed by atoms with Crippen molar-refractivity contribution in [3.05, 3.63) is 46.0 Å². The van der Waals surface area contributed by atoms with Crippen LogP contribution in [0, 0.1) is 6.92 Å². The van der Waals surface area contributed by atoms with Gasteiger partial charge < -0.3 is 19.3 Å². The highest BCUT2D eigenvalue weighted by Gasteiger charge is 2.26. The number of aryl methyl sites for hydroxylation is 1. The number of carboxylic acid groups (broad SMARTS) is 1. The summed E-state index contributed by atoms with van der Waals surface area (Å²) in [5.41, 5.74) is 0.965. The lowest BCUT2D eigenvalue weighted by molar-refractivity contribution is 0.0691. The van der Waals surface area contributed by atoms with E-state index < -0.39 is 5.97 Å². The van der Waals surface area contributed by atoms with Crippen molar-refractivity contribution in [1.29, 1.82) is 0 Å². The maximum atomic E-state index is 12.5. The normalized spacial score (nSPS) is 14.8. The first kappa shape index (κ1) is 16.5. The van der Waals surface area contributed by atoms with Crippen LogP contribution in [0.15, 0.2) is 33.5 Å². The van der Waals surface area contributed by atoms with E-state index >= 15 is 0 Å². The van der Waals surface area contributed by atoms with Crippen molar-refractivity contribution in [2.24, 2.45) is 0 Å².